The molecule has 4 nitrogen and oxygen atoms in total. The van der Waals surface area contributed by atoms with Crippen LogP contribution in [0.4, 0.5) is 5.69 Å². The van der Waals surface area contributed by atoms with Gasteiger partial charge in [0.15, 0.2) is 0 Å². The zero-order chi connectivity index (χ0) is 12.7. The SMILES string of the molecule is CN1CCN(c2cnc3c(c2)c(I)cn3C)CC1. The minimum absolute atomic E-state index is 1.07. The molecule has 0 bridgehead atoms. The third-order valence-corrected chi connectivity index (χ3v) is 4.48. The van der Waals surface area contributed by atoms with Gasteiger partial charge in [0.05, 0.1) is 11.9 Å². The molecule has 0 saturated carbocycles. The van der Waals surface area contributed by atoms with Crippen LogP contribution in [-0.4, -0.2) is 47.7 Å². The number of aryl methyl sites for hydroxylation is 1. The lowest BCUT2D eigenvalue weighted by molar-refractivity contribution is 0.313. The number of pyridine rings is 1. The van der Waals surface area contributed by atoms with Gasteiger partial charge in [-0.25, -0.2) is 4.98 Å². The summed E-state index contributed by atoms with van der Waals surface area (Å²) in [5.74, 6) is 0. The first kappa shape index (κ1) is 12.2. The fourth-order valence-corrected chi connectivity index (χ4v) is 3.26. The van der Waals surface area contributed by atoms with E-state index in [1.807, 2.05) is 13.2 Å². The maximum absolute atomic E-state index is 4.60. The third-order valence-electron chi connectivity index (χ3n) is 3.62. The van der Waals surface area contributed by atoms with Crippen molar-refractivity contribution in [1.82, 2.24) is 14.5 Å². The molecule has 0 atom stereocenters. The highest BCUT2D eigenvalue weighted by Crippen LogP contribution is 2.25. The number of halogens is 1. The summed E-state index contributed by atoms with van der Waals surface area (Å²) < 4.78 is 3.36. The first-order valence-corrected chi connectivity index (χ1v) is 7.27. The van der Waals surface area contributed by atoms with Gasteiger partial charge in [0, 0.05) is 48.4 Å². The average molecular weight is 356 g/mol. The number of rotatable bonds is 1. The van der Waals surface area contributed by atoms with Gasteiger partial charge in [0.2, 0.25) is 0 Å². The van der Waals surface area contributed by atoms with Crippen molar-refractivity contribution in [1.29, 1.82) is 0 Å². The van der Waals surface area contributed by atoms with Gasteiger partial charge in [-0.3, -0.25) is 0 Å². The predicted octanol–water partition coefficient (Wildman–Crippen LogP) is 1.93. The Kier molecular flexibility index (Phi) is 3.19. The van der Waals surface area contributed by atoms with Crippen molar-refractivity contribution in [2.75, 3.05) is 38.1 Å². The second-order valence-electron chi connectivity index (χ2n) is 4.94. The van der Waals surface area contributed by atoms with Crippen LogP contribution in [0.1, 0.15) is 0 Å². The summed E-state index contributed by atoms with van der Waals surface area (Å²) in [7, 11) is 4.23. The quantitative estimate of drug-likeness (QED) is 0.730. The van der Waals surface area contributed by atoms with Crippen LogP contribution in [-0.2, 0) is 7.05 Å². The van der Waals surface area contributed by atoms with E-state index in [-0.39, 0.29) is 0 Å². The van der Waals surface area contributed by atoms with Gasteiger partial charge in [0.25, 0.3) is 0 Å². The van der Waals surface area contributed by atoms with E-state index in [0.29, 0.717) is 0 Å². The maximum atomic E-state index is 4.60. The summed E-state index contributed by atoms with van der Waals surface area (Å²) in [4.78, 5) is 9.39. The lowest BCUT2D eigenvalue weighted by Crippen LogP contribution is -2.44. The van der Waals surface area contributed by atoms with Crippen LogP contribution in [0.3, 0.4) is 0 Å². The second kappa shape index (κ2) is 4.70. The molecule has 0 aromatic carbocycles. The number of fused-ring (bicyclic) bond motifs is 1. The Morgan fingerprint density at radius 2 is 1.89 bits per heavy atom. The number of piperazine rings is 1. The van der Waals surface area contributed by atoms with Crippen molar-refractivity contribution < 1.29 is 0 Å². The van der Waals surface area contributed by atoms with Crippen molar-refractivity contribution in [3.05, 3.63) is 22.0 Å². The van der Waals surface area contributed by atoms with Crippen molar-refractivity contribution in [3.8, 4) is 0 Å². The summed E-state index contributed by atoms with van der Waals surface area (Å²) >= 11 is 2.38. The van der Waals surface area contributed by atoms with E-state index in [4.69, 9.17) is 0 Å². The normalized spacial score (nSPS) is 17.6. The first-order chi connectivity index (χ1) is 8.65. The number of aromatic nitrogens is 2. The Morgan fingerprint density at radius 3 is 2.61 bits per heavy atom. The van der Waals surface area contributed by atoms with Gasteiger partial charge in [0.1, 0.15) is 5.65 Å². The molecule has 96 valence electrons. The highest BCUT2D eigenvalue weighted by atomic mass is 127. The topological polar surface area (TPSA) is 24.3 Å². The molecule has 0 spiro atoms. The summed E-state index contributed by atoms with van der Waals surface area (Å²) in [6, 6.07) is 2.27. The molecular weight excluding hydrogens is 339 g/mol. The van der Waals surface area contributed by atoms with E-state index in [1.54, 1.807) is 0 Å². The standard InChI is InChI=1S/C13H17IN4/c1-16-3-5-18(6-4-16)10-7-11-12(14)9-17(2)13(11)15-8-10/h7-9H,3-6H2,1-2H3. The number of hydrogen-bond donors (Lipinski definition) is 0. The zero-order valence-electron chi connectivity index (χ0n) is 10.7. The van der Waals surface area contributed by atoms with Crippen molar-refractivity contribution >= 4 is 39.3 Å². The van der Waals surface area contributed by atoms with Crippen LogP contribution >= 0.6 is 22.6 Å². The molecule has 18 heavy (non-hydrogen) atoms. The fourth-order valence-electron chi connectivity index (χ4n) is 2.44. The van der Waals surface area contributed by atoms with Crippen molar-refractivity contribution in [2.45, 2.75) is 0 Å². The molecule has 1 aliphatic rings. The van der Waals surface area contributed by atoms with E-state index in [9.17, 15) is 0 Å². The van der Waals surface area contributed by atoms with E-state index in [0.717, 1.165) is 31.8 Å². The molecule has 0 radical (unpaired) electrons. The van der Waals surface area contributed by atoms with Gasteiger partial charge in [-0.05, 0) is 35.7 Å². The Bertz CT molecular complexity index is 570. The molecule has 5 heteroatoms. The van der Waals surface area contributed by atoms with Gasteiger partial charge in [-0.1, -0.05) is 0 Å². The largest absolute Gasteiger partial charge is 0.368 e. The minimum Gasteiger partial charge on any atom is -0.368 e. The number of likely N-dealkylation sites (N-methyl/N-ethyl adjacent to an activating group) is 1. The Hall–Kier alpha value is -0.820. The Morgan fingerprint density at radius 1 is 1.17 bits per heavy atom. The molecule has 2 aromatic heterocycles. The monoisotopic (exact) mass is 356 g/mol. The van der Waals surface area contributed by atoms with Crippen LogP contribution in [0.2, 0.25) is 0 Å². The molecule has 0 amide bonds. The van der Waals surface area contributed by atoms with E-state index >= 15 is 0 Å². The lowest BCUT2D eigenvalue weighted by atomic mass is 10.2. The summed E-state index contributed by atoms with van der Waals surface area (Å²) in [6.45, 7) is 4.44. The van der Waals surface area contributed by atoms with E-state index in [1.165, 1.54) is 14.6 Å². The Balaban J connectivity index is 1.95. The number of anilines is 1. The van der Waals surface area contributed by atoms with Crippen molar-refractivity contribution in [3.63, 3.8) is 0 Å². The molecule has 3 heterocycles. The molecule has 1 aliphatic heterocycles. The lowest BCUT2D eigenvalue weighted by Gasteiger charge is -2.33. The molecule has 1 fully saturated rings. The van der Waals surface area contributed by atoms with Crippen LogP contribution in [0, 0.1) is 3.57 Å². The molecule has 3 rings (SSSR count). The summed E-state index contributed by atoms with van der Waals surface area (Å²) in [5.41, 5.74) is 2.32. The first-order valence-electron chi connectivity index (χ1n) is 6.19. The maximum Gasteiger partial charge on any atom is 0.140 e. The highest BCUT2D eigenvalue weighted by Gasteiger charge is 2.16. The summed E-state index contributed by atoms with van der Waals surface area (Å²) in [5, 5.41) is 1.26. The molecule has 2 aromatic rings. The number of nitrogens with zero attached hydrogens (tertiary/aromatic N) is 4. The Labute approximate surface area is 121 Å². The predicted molar refractivity (Wildman–Crippen MR) is 83.1 cm³/mol. The summed E-state index contributed by atoms with van der Waals surface area (Å²) in [6.07, 6.45) is 4.13. The number of hydrogen-bond acceptors (Lipinski definition) is 3. The van der Waals surface area contributed by atoms with Crippen LogP contribution < -0.4 is 4.90 Å². The van der Waals surface area contributed by atoms with Gasteiger partial charge in [-0.2, -0.15) is 0 Å². The van der Waals surface area contributed by atoms with Crippen LogP contribution in [0.5, 0.6) is 0 Å². The zero-order valence-corrected chi connectivity index (χ0v) is 12.9. The van der Waals surface area contributed by atoms with Gasteiger partial charge in [-0.15, -0.1) is 0 Å². The van der Waals surface area contributed by atoms with E-state index < -0.39 is 0 Å². The third kappa shape index (κ3) is 2.09. The fraction of sp³-hybridized carbons (Fsp3) is 0.462. The van der Waals surface area contributed by atoms with E-state index in [2.05, 4.69) is 61.3 Å². The highest BCUT2D eigenvalue weighted by molar-refractivity contribution is 14.1. The molecule has 0 aliphatic carbocycles. The van der Waals surface area contributed by atoms with Gasteiger partial charge < -0.3 is 14.4 Å². The molecule has 0 unspecified atom stereocenters. The molecular formula is C13H17IN4. The van der Waals surface area contributed by atoms with Gasteiger partial charge >= 0.3 is 0 Å². The molecule has 0 N–H and O–H groups in total. The molecule has 1 saturated heterocycles. The minimum atomic E-state index is 1.07. The smallest absolute Gasteiger partial charge is 0.140 e. The van der Waals surface area contributed by atoms with Crippen LogP contribution in [0.15, 0.2) is 18.5 Å². The average Bonchev–Trinajstić information content (AvgIpc) is 2.66. The second-order valence-corrected chi connectivity index (χ2v) is 6.11. The van der Waals surface area contributed by atoms with Crippen LogP contribution in [0.25, 0.3) is 11.0 Å². The van der Waals surface area contributed by atoms with Crippen molar-refractivity contribution in [2.24, 2.45) is 7.05 Å².